The van der Waals surface area contributed by atoms with E-state index >= 15 is 0 Å². The molecular weight excluding hydrogens is 280 g/mol. The van der Waals surface area contributed by atoms with Gasteiger partial charge in [-0.1, -0.05) is 0 Å². The van der Waals surface area contributed by atoms with E-state index in [1.807, 2.05) is 24.8 Å². The Bertz CT molecular complexity index is 517. The fourth-order valence-electron chi connectivity index (χ4n) is 2.25. The van der Waals surface area contributed by atoms with Crippen LogP contribution in [0.1, 0.15) is 24.6 Å². The van der Waals surface area contributed by atoms with Gasteiger partial charge in [-0.3, -0.25) is 4.98 Å². The number of aromatic nitrogens is 3. The van der Waals surface area contributed by atoms with Gasteiger partial charge in [0.05, 0.1) is 30.1 Å². The lowest BCUT2D eigenvalue weighted by molar-refractivity contribution is 0.615. The topological polar surface area (TPSA) is 42.7 Å². The maximum atomic E-state index is 4.25. The van der Waals surface area contributed by atoms with Gasteiger partial charge in [0.1, 0.15) is 0 Å². The number of nitrogens with zero attached hydrogens (tertiary/aromatic N) is 3. The van der Waals surface area contributed by atoms with Crippen LogP contribution in [0.15, 0.2) is 35.5 Å². The van der Waals surface area contributed by atoms with Crippen molar-refractivity contribution in [1.29, 1.82) is 0 Å². The minimum absolute atomic E-state index is 0.413. The Morgan fingerprint density at radius 3 is 3.00 bits per heavy atom. The van der Waals surface area contributed by atoms with Crippen LogP contribution in [0, 0.1) is 0 Å². The normalized spacial score (nSPS) is 19.7. The van der Waals surface area contributed by atoms with Crippen molar-refractivity contribution in [3.8, 4) is 5.69 Å². The number of rotatable bonds is 2. The monoisotopic (exact) mass is 292 g/mol. The molecular formula is C12H13BrN4. The second kappa shape index (κ2) is 4.58. The molecule has 3 heterocycles. The molecule has 0 bridgehead atoms. The van der Waals surface area contributed by atoms with E-state index in [9.17, 15) is 0 Å². The van der Waals surface area contributed by atoms with Crippen molar-refractivity contribution >= 4 is 15.9 Å². The minimum Gasteiger partial charge on any atom is -0.309 e. The van der Waals surface area contributed by atoms with Crippen molar-refractivity contribution in [2.75, 3.05) is 6.54 Å². The van der Waals surface area contributed by atoms with Gasteiger partial charge in [0, 0.05) is 16.7 Å². The number of hydrogen-bond donors (Lipinski definition) is 1. The van der Waals surface area contributed by atoms with E-state index in [4.69, 9.17) is 0 Å². The predicted octanol–water partition coefficient (Wildman–Crippen LogP) is 2.45. The van der Waals surface area contributed by atoms with Crippen LogP contribution in [0.5, 0.6) is 0 Å². The smallest absolute Gasteiger partial charge is 0.0995 e. The number of pyridine rings is 1. The number of imidazole rings is 1. The fourth-order valence-corrected chi connectivity index (χ4v) is 2.60. The van der Waals surface area contributed by atoms with Crippen molar-refractivity contribution in [3.05, 3.63) is 41.2 Å². The second-order valence-corrected chi connectivity index (χ2v) is 5.11. The Morgan fingerprint density at radius 1 is 1.29 bits per heavy atom. The molecule has 2 aromatic rings. The molecule has 1 saturated heterocycles. The van der Waals surface area contributed by atoms with Crippen LogP contribution in [0.25, 0.3) is 5.69 Å². The number of halogens is 1. The lowest BCUT2D eigenvalue weighted by atomic mass is 10.1. The molecule has 1 atom stereocenters. The van der Waals surface area contributed by atoms with Gasteiger partial charge in [-0.25, -0.2) is 4.98 Å². The quantitative estimate of drug-likeness (QED) is 0.925. The minimum atomic E-state index is 0.413. The molecule has 0 radical (unpaired) electrons. The Morgan fingerprint density at radius 2 is 2.24 bits per heavy atom. The first-order valence-corrected chi connectivity index (χ1v) is 6.50. The van der Waals surface area contributed by atoms with Gasteiger partial charge in [0.2, 0.25) is 0 Å². The van der Waals surface area contributed by atoms with Gasteiger partial charge in [-0.05, 0) is 41.4 Å². The Labute approximate surface area is 108 Å². The van der Waals surface area contributed by atoms with Crippen molar-refractivity contribution < 1.29 is 0 Å². The second-order valence-electron chi connectivity index (χ2n) is 4.20. The summed E-state index contributed by atoms with van der Waals surface area (Å²) in [6.45, 7) is 1.09. The first-order chi connectivity index (χ1) is 8.34. The Hall–Kier alpha value is -1.20. The first kappa shape index (κ1) is 10.9. The number of nitrogens with one attached hydrogen (secondary N) is 1. The molecule has 0 aliphatic carbocycles. The van der Waals surface area contributed by atoms with Crippen LogP contribution < -0.4 is 5.32 Å². The molecule has 0 aromatic carbocycles. The van der Waals surface area contributed by atoms with Gasteiger partial charge in [-0.15, -0.1) is 0 Å². The van der Waals surface area contributed by atoms with Crippen molar-refractivity contribution in [2.45, 2.75) is 18.9 Å². The molecule has 1 fully saturated rings. The molecule has 5 heteroatoms. The zero-order valence-electron chi connectivity index (χ0n) is 9.31. The van der Waals surface area contributed by atoms with Gasteiger partial charge in [0.15, 0.2) is 0 Å². The van der Waals surface area contributed by atoms with E-state index in [0.29, 0.717) is 6.04 Å². The largest absolute Gasteiger partial charge is 0.309 e. The lowest BCUT2D eigenvalue weighted by Gasteiger charge is -2.13. The SMILES string of the molecule is Brc1cncc(-n2cncc2C2CCCN2)c1. The van der Waals surface area contributed by atoms with Crippen molar-refractivity contribution in [2.24, 2.45) is 0 Å². The Kier molecular flexibility index (Phi) is 2.94. The van der Waals surface area contributed by atoms with Crippen LogP contribution in [0.3, 0.4) is 0 Å². The molecule has 0 amide bonds. The van der Waals surface area contributed by atoms with Crippen LogP contribution >= 0.6 is 15.9 Å². The predicted molar refractivity (Wildman–Crippen MR) is 69.0 cm³/mol. The van der Waals surface area contributed by atoms with Crippen LogP contribution in [0.2, 0.25) is 0 Å². The summed E-state index contributed by atoms with van der Waals surface area (Å²) in [7, 11) is 0. The van der Waals surface area contributed by atoms with Gasteiger partial charge >= 0.3 is 0 Å². The average Bonchev–Trinajstić information content (AvgIpc) is 3.00. The molecule has 0 saturated carbocycles. The molecule has 1 unspecified atom stereocenters. The summed E-state index contributed by atoms with van der Waals surface area (Å²) in [5.74, 6) is 0. The van der Waals surface area contributed by atoms with E-state index in [-0.39, 0.29) is 0 Å². The third kappa shape index (κ3) is 2.12. The summed E-state index contributed by atoms with van der Waals surface area (Å²) in [5.41, 5.74) is 2.25. The average molecular weight is 293 g/mol. The molecule has 1 N–H and O–H groups in total. The third-order valence-corrected chi connectivity index (χ3v) is 3.49. The zero-order chi connectivity index (χ0) is 11.7. The fraction of sp³-hybridized carbons (Fsp3) is 0.333. The van der Waals surface area contributed by atoms with E-state index in [0.717, 1.165) is 16.7 Å². The van der Waals surface area contributed by atoms with Crippen molar-refractivity contribution in [1.82, 2.24) is 19.9 Å². The molecule has 17 heavy (non-hydrogen) atoms. The van der Waals surface area contributed by atoms with Crippen LogP contribution in [0.4, 0.5) is 0 Å². The molecule has 1 aliphatic heterocycles. The number of hydrogen-bond acceptors (Lipinski definition) is 3. The highest BCUT2D eigenvalue weighted by molar-refractivity contribution is 9.10. The van der Waals surface area contributed by atoms with E-state index in [1.165, 1.54) is 18.5 Å². The van der Waals surface area contributed by atoms with Crippen LogP contribution in [-0.2, 0) is 0 Å². The van der Waals surface area contributed by atoms with Crippen molar-refractivity contribution in [3.63, 3.8) is 0 Å². The van der Waals surface area contributed by atoms with E-state index in [1.54, 1.807) is 6.20 Å². The highest BCUT2D eigenvalue weighted by Gasteiger charge is 2.20. The highest BCUT2D eigenvalue weighted by Crippen LogP contribution is 2.25. The summed E-state index contributed by atoms with van der Waals surface area (Å²) in [6.07, 6.45) is 9.82. The van der Waals surface area contributed by atoms with Gasteiger partial charge in [0.25, 0.3) is 0 Å². The lowest BCUT2D eigenvalue weighted by Crippen LogP contribution is -2.16. The maximum Gasteiger partial charge on any atom is 0.0995 e. The highest BCUT2D eigenvalue weighted by atomic mass is 79.9. The maximum absolute atomic E-state index is 4.25. The molecule has 2 aromatic heterocycles. The molecule has 88 valence electrons. The molecule has 4 nitrogen and oxygen atoms in total. The summed E-state index contributed by atoms with van der Waals surface area (Å²) >= 11 is 3.44. The van der Waals surface area contributed by atoms with Gasteiger partial charge in [-0.2, -0.15) is 0 Å². The Balaban J connectivity index is 2.00. The summed E-state index contributed by atoms with van der Waals surface area (Å²) in [6, 6.07) is 2.46. The molecule has 0 spiro atoms. The third-order valence-electron chi connectivity index (χ3n) is 3.05. The van der Waals surface area contributed by atoms with Crippen LogP contribution in [-0.4, -0.2) is 21.1 Å². The standard InChI is InChI=1S/C12H13BrN4/c13-9-4-10(6-14-5-9)17-8-15-7-12(17)11-2-1-3-16-11/h4-8,11,16H,1-3H2. The van der Waals surface area contributed by atoms with E-state index < -0.39 is 0 Å². The summed E-state index contributed by atoms with van der Waals surface area (Å²) in [5, 5.41) is 3.49. The molecule has 1 aliphatic rings. The van der Waals surface area contributed by atoms with E-state index in [2.05, 4.69) is 35.8 Å². The summed E-state index contributed by atoms with van der Waals surface area (Å²) < 4.78 is 3.08. The van der Waals surface area contributed by atoms with Gasteiger partial charge < -0.3 is 9.88 Å². The molecule has 3 rings (SSSR count). The zero-order valence-corrected chi connectivity index (χ0v) is 10.9. The summed E-state index contributed by atoms with van der Waals surface area (Å²) in [4.78, 5) is 8.44. The first-order valence-electron chi connectivity index (χ1n) is 5.71.